The lowest BCUT2D eigenvalue weighted by atomic mass is 10.1. The number of morpholine rings is 1. The first-order chi connectivity index (χ1) is 14.7. The van der Waals surface area contributed by atoms with Gasteiger partial charge in [0.25, 0.3) is 5.91 Å². The van der Waals surface area contributed by atoms with Gasteiger partial charge >= 0.3 is 0 Å². The quantitative estimate of drug-likeness (QED) is 0.789. The minimum atomic E-state index is -0.125. The van der Waals surface area contributed by atoms with Crippen LogP contribution in [0.2, 0.25) is 0 Å². The fourth-order valence-corrected chi connectivity index (χ4v) is 3.55. The van der Waals surface area contributed by atoms with Crippen molar-refractivity contribution in [2.24, 2.45) is 0 Å². The van der Waals surface area contributed by atoms with Gasteiger partial charge in [-0.2, -0.15) is 0 Å². The van der Waals surface area contributed by atoms with E-state index < -0.39 is 0 Å². The van der Waals surface area contributed by atoms with E-state index in [1.807, 2.05) is 24.3 Å². The first-order valence-electron chi connectivity index (χ1n) is 10.2. The molecule has 0 aromatic heterocycles. The molecule has 2 aromatic carbocycles. The maximum atomic E-state index is 12.5. The summed E-state index contributed by atoms with van der Waals surface area (Å²) in [7, 11) is 0. The SMILES string of the molecule is O=C1CN(C(=O)c2ccc(C#Cc3ccc(CN4CCOCC4)cc3)cc2)CCN1. The number of nitrogens with zero attached hydrogens (tertiary/aromatic N) is 2. The zero-order valence-electron chi connectivity index (χ0n) is 16.9. The Bertz CT molecular complexity index is 952. The van der Waals surface area contributed by atoms with E-state index in [0.29, 0.717) is 18.7 Å². The van der Waals surface area contributed by atoms with Gasteiger partial charge in [-0.25, -0.2) is 0 Å². The van der Waals surface area contributed by atoms with E-state index >= 15 is 0 Å². The van der Waals surface area contributed by atoms with Gasteiger partial charge in [0, 0.05) is 49.4 Å². The highest BCUT2D eigenvalue weighted by Crippen LogP contribution is 2.11. The normalized spacial score (nSPS) is 17.1. The molecule has 6 heteroatoms. The fraction of sp³-hybridized carbons (Fsp3) is 0.333. The van der Waals surface area contributed by atoms with Crippen LogP contribution in [0.3, 0.4) is 0 Å². The topological polar surface area (TPSA) is 61.9 Å². The monoisotopic (exact) mass is 403 g/mol. The molecule has 0 saturated carbocycles. The molecule has 2 saturated heterocycles. The number of carbonyl (C=O) groups is 2. The van der Waals surface area contributed by atoms with E-state index in [2.05, 4.69) is 34.2 Å². The van der Waals surface area contributed by atoms with E-state index in [-0.39, 0.29) is 18.4 Å². The summed E-state index contributed by atoms with van der Waals surface area (Å²) in [6.07, 6.45) is 0. The molecule has 0 atom stereocenters. The van der Waals surface area contributed by atoms with Gasteiger partial charge in [0.1, 0.15) is 0 Å². The van der Waals surface area contributed by atoms with Crippen molar-refractivity contribution in [2.45, 2.75) is 6.54 Å². The molecule has 4 rings (SSSR count). The molecule has 2 aromatic rings. The van der Waals surface area contributed by atoms with E-state index in [4.69, 9.17) is 4.74 Å². The van der Waals surface area contributed by atoms with Crippen LogP contribution in [0.25, 0.3) is 0 Å². The molecule has 1 N–H and O–H groups in total. The van der Waals surface area contributed by atoms with Crippen LogP contribution < -0.4 is 5.32 Å². The van der Waals surface area contributed by atoms with Crippen LogP contribution in [-0.2, 0) is 16.1 Å². The molecule has 0 bridgehead atoms. The predicted molar refractivity (Wildman–Crippen MR) is 114 cm³/mol. The standard InChI is InChI=1S/C24H25N3O3/c28-23-18-27(12-11-25-23)24(29)22-9-7-20(8-10-22)2-1-19-3-5-21(6-4-19)17-26-13-15-30-16-14-26/h3-10H,11-18H2,(H,25,28). The Balaban J connectivity index is 1.35. The van der Waals surface area contributed by atoms with Crippen molar-refractivity contribution in [1.82, 2.24) is 15.1 Å². The smallest absolute Gasteiger partial charge is 0.254 e. The molecule has 2 heterocycles. The minimum absolute atomic E-state index is 0.113. The number of piperazine rings is 1. The lowest BCUT2D eigenvalue weighted by Gasteiger charge is -2.26. The van der Waals surface area contributed by atoms with Gasteiger partial charge in [0.05, 0.1) is 19.8 Å². The van der Waals surface area contributed by atoms with Crippen LogP contribution in [0, 0.1) is 11.8 Å². The number of rotatable bonds is 3. The number of amides is 2. The van der Waals surface area contributed by atoms with Gasteiger partial charge in [0.2, 0.25) is 5.91 Å². The molecule has 0 aliphatic carbocycles. The first kappa shape index (κ1) is 20.1. The van der Waals surface area contributed by atoms with Crippen LogP contribution in [0.4, 0.5) is 0 Å². The summed E-state index contributed by atoms with van der Waals surface area (Å²) in [5.74, 6) is 6.08. The summed E-state index contributed by atoms with van der Waals surface area (Å²) in [5, 5.41) is 2.72. The van der Waals surface area contributed by atoms with Crippen molar-refractivity contribution in [1.29, 1.82) is 0 Å². The molecule has 2 fully saturated rings. The second kappa shape index (κ2) is 9.57. The lowest BCUT2D eigenvalue weighted by Crippen LogP contribution is -2.49. The second-order valence-electron chi connectivity index (χ2n) is 7.49. The molecule has 30 heavy (non-hydrogen) atoms. The Kier molecular flexibility index (Phi) is 6.43. The Labute approximate surface area is 176 Å². The number of hydrogen-bond donors (Lipinski definition) is 1. The average Bonchev–Trinajstić information content (AvgIpc) is 2.79. The summed E-state index contributed by atoms with van der Waals surface area (Å²) >= 11 is 0. The third-order valence-corrected chi connectivity index (χ3v) is 5.27. The molecular weight excluding hydrogens is 378 g/mol. The van der Waals surface area contributed by atoms with Crippen LogP contribution in [-0.4, -0.2) is 67.6 Å². The zero-order chi connectivity index (χ0) is 20.8. The van der Waals surface area contributed by atoms with Gasteiger partial charge in [-0.1, -0.05) is 24.0 Å². The summed E-state index contributed by atoms with van der Waals surface area (Å²) < 4.78 is 5.39. The second-order valence-corrected chi connectivity index (χ2v) is 7.49. The highest BCUT2D eigenvalue weighted by molar-refractivity contribution is 5.97. The van der Waals surface area contributed by atoms with Gasteiger partial charge < -0.3 is 15.0 Å². The number of benzene rings is 2. The van der Waals surface area contributed by atoms with Crippen LogP contribution in [0.15, 0.2) is 48.5 Å². The van der Waals surface area contributed by atoms with E-state index in [9.17, 15) is 9.59 Å². The van der Waals surface area contributed by atoms with Crippen molar-refractivity contribution < 1.29 is 14.3 Å². The zero-order valence-corrected chi connectivity index (χ0v) is 16.9. The largest absolute Gasteiger partial charge is 0.379 e. The van der Waals surface area contributed by atoms with Gasteiger partial charge in [-0.15, -0.1) is 0 Å². The molecule has 2 aliphatic rings. The van der Waals surface area contributed by atoms with Crippen molar-refractivity contribution >= 4 is 11.8 Å². The Morgan fingerprint density at radius 3 is 2.20 bits per heavy atom. The average molecular weight is 403 g/mol. The Morgan fingerprint density at radius 1 is 0.933 bits per heavy atom. The van der Waals surface area contributed by atoms with Gasteiger partial charge in [-0.05, 0) is 42.0 Å². The third kappa shape index (κ3) is 5.26. The fourth-order valence-electron chi connectivity index (χ4n) is 3.55. The molecule has 0 spiro atoms. The highest BCUT2D eigenvalue weighted by atomic mass is 16.5. The Morgan fingerprint density at radius 2 is 1.57 bits per heavy atom. The molecular formula is C24H25N3O3. The van der Waals surface area contributed by atoms with E-state index in [1.165, 1.54) is 5.56 Å². The first-order valence-corrected chi connectivity index (χ1v) is 10.2. The van der Waals surface area contributed by atoms with Crippen molar-refractivity contribution in [3.05, 3.63) is 70.8 Å². The predicted octanol–water partition coefficient (Wildman–Crippen LogP) is 1.49. The summed E-state index contributed by atoms with van der Waals surface area (Å²) in [6, 6.07) is 15.6. The summed E-state index contributed by atoms with van der Waals surface area (Å²) in [4.78, 5) is 27.9. The minimum Gasteiger partial charge on any atom is -0.379 e. The summed E-state index contributed by atoms with van der Waals surface area (Å²) in [6.45, 7) is 5.65. The summed E-state index contributed by atoms with van der Waals surface area (Å²) in [5.41, 5.74) is 3.65. The maximum absolute atomic E-state index is 12.5. The maximum Gasteiger partial charge on any atom is 0.254 e. The highest BCUT2D eigenvalue weighted by Gasteiger charge is 2.21. The number of carbonyl (C=O) groups excluding carboxylic acids is 2. The van der Waals surface area contributed by atoms with Crippen LogP contribution in [0.5, 0.6) is 0 Å². The lowest BCUT2D eigenvalue weighted by molar-refractivity contribution is -0.123. The molecule has 154 valence electrons. The molecule has 6 nitrogen and oxygen atoms in total. The molecule has 2 aliphatic heterocycles. The van der Waals surface area contributed by atoms with E-state index in [1.54, 1.807) is 17.0 Å². The molecule has 0 radical (unpaired) electrons. The number of hydrogen-bond acceptors (Lipinski definition) is 4. The number of nitrogens with one attached hydrogen (secondary N) is 1. The molecule has 2 amide bonds. The third-order valence-electron chi connectivity index (χ3n) is 5.27. The van der Waals surface area contributed by atoms with Gasteiger partial charge in [-0.3, -0.25) is 14.5 Å². The number of ether oxygens (including phenoxy) is 1. The van der Waals surface area contributed by atoms with Gasteiger partial charge in [0.15, 0.2) is 0 Å². The van der Waals surface area contributed by atoms with E-state index in [0.717, 1.165) is 44.0 Å². The van der Waals surface area contributed by atoms with Crippen LogP contribution in [0.1, 0.15) is 27.0 Å². The molecule has 0 unspecified atom stereocenters. The van der Waals surface area contributed by atoms with Crippen molar-refractivity contribution in [3.8, 4) is 11.8 Å². The van der Waals surface area contributed by atoms with Crippen LogP contribution >= 0.6 is 0 Å². The van der Waals surface area contributed by atoms with Crippen molar-refractivity contribution in [2.75, 3.05) is 45.9 Å². The van der Waals surface area contributed by atoms with Crippen molar-refractivity contribution in [3.63, 3.8) is 0 Å². The Hall–Kier alpha value is -3.14.